The second-order valence-corrected chi connectivity index (χ2v) is 14.9. The topological polar surface area (TPSA) is 155 Å². The van der Waals surface area contributed by atoms with Crippen LogP contribution in [-0.2, 0) is 52.3 Å². The molecule has 5 aromatic rings. The molecule has 8 rings (SSSR count). The van der Waals surface area contributed by atoms with E-state index in [4.69, 9.17) is 26.5 Å². The minimum absolute atomic E-state index is 0.251. The number of nitrogens with zero attached hydrogens (tertiary/aromatic N) is 2. The molecule has 1 aliphatic carbocycles. The number of carbonyl (C=O) groups excluding carboxylic acids is 4. The van der Waals surface area contributed by atoms with Gasteiger partial charge in [0.2, 0.25) is 0 Å². The number of rotatable bonds is 12. The van der Waals surface area contributed by atoms with E-state index in [0.29, 0.717) is 31.2 Å². The molecule has 0 atom stereocenters. The van der Waals surface area contributed by atoms with E-state index in [1.807, 2.05) is 48.5 Å². The lowest BCUT2D eigenvalue weighted by Crippen LogP contribution is -2.50. The summed E-state index contributed by atoms with van der Waals surface area (Å²) in [7, 11) is -3.04. The fourth-order valence-electron chi connectivity index (χ4n) is 5.92. The highest BCUT2D eigenvalue weighted by Crippen LogP contribution is 2.40. The Bertz CT molecular complexity index is 1740. The van der Waals surface area contributed by atoms with Crippen LogP contribution >= 0.6 is 0 Å². The average molecular weight is 739 g/mol. The highest BCUT2D eigenvalue weighted by atomic mass is 28.4. The van der Waals surface area contributed by atoms with Crippen molar-refractivity contribution in [1.29, 1.82) is 0 Å². The zero-order chi connectivity index (χ0) is 36.9. The molecule has 4 amide bonds. The van der Waals surface area contributed by atoms with Crippen molar-refractivity contribution in [2.24, 2.45) is 0 Å². The number of furan rings is 4. The van der Waals surface area contributed by atoms with Crippen LogP contribution in [0.2, 0.25) is 5.54 Å². The molecule has 0 N–H and O–H groups in total. The van der Waals surface area contributed by atoms with Gasteiger partial charge in [-0.05, 0) is 85.6 Å². The normalized spacial score (nSPS) is 15.8. The van der Waals surface area contributed by atoms with Crippen molar-refractivity contribution in [1.82, 2.24) is 0 Å². The van der Waals surface area contributed by atoms with Crippen molar-refractivity contribution in [2.75, 3.05) is 9.80 Å². The Kier molecular flexibility index (Phi) is 12.6. The van der Waals surface area contributed by atoms with Crippen LogP contribution in [0.1, 0.15) is 49.4 Å². The van der Waals surface area contributed by atoms with Gasteiger partial charge in [-0.1, -0.05) is 19.3 Å². The van der Waals surface area contributed by atoms with Crippen molar-refractivity contribution >= 4 is 43.8 Å². The summed E-state index contributed by atoms with van der Waals surface area (Å²) in [6.45, 7) is 0.976. The highest BCUT2D eigenvalue weighted by Gasteiger charge is 2.50. The molecule has 1 fully saturated rings. The van der Waals surface area contributed by atoms with Crippen molar-refractivity contribution < 1.29 is 50.1 Å². The van der Waals surface area contributed by atoms with Gasteiger partial charge in [0.1, 0.15) is 17.3 Å². The van der Waals surface area contributed by atoms with Crippen molar-refractivity contribution in [3.8, 4) is 0 Å². The van der Waals surface area contributed by atoms with Gasteiger partial charge < -0.3 is 30.9 Å². The third-order valence-electron chi connectivity index (χ3n) is 8.50. The molecular formula is C39H38N2O11Si. The molecule has 0 saturated heterocycles. The Morgan fingerprint density at radius 2 is 0.887 bits per heavy atom. The summed E-state index contributed by atoms with van der Waals surface area (Å²) in [6, 6.07) is 21.0. The smallest absolute Gasteiger partial charge is 0.473 e. The van der Waals surface area contributed by atoms with Gasteiger partial charge in [0.15, 0.2) is 0 Å². The van der Waals surface area contributed by atoms with Crippen LogP contribution in [-0.4, -0.2) is 32.4 Å². The van der Waals surface area contributed by atoms with Gasteiger partial charge in [0.05, 0.1) is 62.5 Å². The van der Waals surface area contributed by atoms with Crippen LogP contribution in [0.5, 0.6) is 0 Å². The van der Waals surface area contributed by atoms with E-state index in [1.54, 1.807) is 31.3 Å². The Morgan fingerprint density at radius 1 is 0.509 bits per heavy atom. The highest BCUT2D eigenvalue weighted by molar-refractivity contribution is 6.62. The molecule has 13 nitrogen and oxygen atoms in total. The van der Waals surface area contributed by atoms with Gasteiger partial charge in [-0.2, -0.15) is 0 Å². The average Bonchev–Trinajstić information content (AvgIpc) is 4.03. The maximum Gasteiger partial charge on any atom is 0.505 e. The monoisotopic (exact) mass is 738 g/mol. The number of hydrogen-bond donors (Lipinski definition) is 0. The van der Waals surface area contributed by atoms with Gasteiger partial charge in [0, 0.05) is 29.8 Å². The number of benzene rings is 1. The molecule has 6 heterocycles. The zero-order valence-corrected chi connectivity index (χ0v) is 29.7. The summed E-state index contributed by atoms with van der Waals surface area (Å²) in [5.74, 6) is 0.605. The summed E-state index contributed by atoms with van der Waals surface area (Å²) >= 11 is 0. The quantitative estimate of drug-likeness (QED) is 0.0922. The largest absolute Gasteiger partial charge is 0.505 e. The number of imide groups is 2. The predicted molar refractivity (Wildman–Crippen MR) is 191 cm³/mol. The molecule has 0 radical (unpaired) electrons. The summed E-state index contributed by atoms with van der Waals surface area (Å²) in [5.41, 5.74) is 1.03. The lowest BCUT2D eigenvalue weighted by atomic mass is 10.0. The molecule has 53 heavy (non-hydrogen) atoms. The van der Waals surface area contributed by atoms with E-state index in [1.165, 1.54) is 55.0 Å². The Hall–Kier alpha value is -5.80. The first-order valence-corrected chi connectivity index (χ1v) is 18.9. The maximum atomic E-state index is 11.5. The van der Waals surface area contributed by atoms with Crippen LogP contribution in [0.3, 0.4) is 0 Å². The molecule has 2 aliphatic heterocycles. The first kappa shape index (κ1) is 37.0. The molecule has 0 spiro atoms. The Morgan fingerprint density at radius 3 is 1.19 bits per heavy atom. The van der Waals surface area contributed by atoms with Crippen LogP contribution in [0, 0.1) is 0 Å². The molecule has 14 heteroatoms. The molecular weight excluding hydrogens is 701 g/mol. The van der Waals surface area contributed by atoms with E-state index in [0.717, 1.165) is 52.8 Å². The number of anilines is 2. The van der Waals surface area contributed by atoms with Crippen LogP contribution in [0.25, 0.3) is 0 Å². The summed E-state index contributed by atoms with van der Waals surface area (Å²) in [5, 5.41) is 0. The third-order valence-corrected chi connectivity index (χ3v) is 11.7. The minimum atomic E-state index is -3.04. The summed E-state index contributed by atoms with van der Waals surface area (Å²) in [6.07, 6.45) is 18.6. The van der Waals surface area contributed by atoms with Crippen LogP contribution in [0.15, 0.2) is 146 Å². The Balaban J connectivity index is 0.000000167. The summed E-state index contributed by atoms with van der Waals surface area (Å²) in [4.78, 5) is 48.1. The van der Waals surface area contributed by atoms with Gasteiger partial charge in [0.25, 0.3) is 23.6 Å². The first-order chi connectivity index (χ1) is 25.9. The lowest BCUT2D eigenvalue weighted by Gasteiger charge is -2.37. The summed E-state index contributed by atoms with van der Waals surface area (Å²) < 4.78 is 40.3. The van der Waals surface area contributed by atoms with Gasteiger partial charge in [-0.15, -0.1) is 0 Å². The molecule has 274 valence electrons. The second-order valence-electron chi connectivity index (χ2n) is 12.0. The van der Waals surface area contributed by atoms with E-state index in [2.05, 4.69) is 4.42 Å². The fraction of sp³-hybridized carbons (Fsp3) is 0.231. The van der Waals surface area contributed by atoms with Gasteiger partial charge >= 0.3 is 8.80 Å². The maximum absolute atomic E-state index is 11.5. The minimum Gasteiger partial charge on any atom is -0.473 e. The SMILES string of the molecule is O=C1C=CC(=O)N1c1ccc(N2C(=O)C=CC2=O)cc1.c1ccoc1.c1coc(CO[Si](OCc2ccco2)(OCc2ccco2)C2CCCCC2)c1. The van der Waals surface area contributed by atoms with E-state index in [-0.39, 0.29) is 5.54 Å². The standard InChI is InChI=1S/C21H26O6Si.C14H8N2O4.C4H4O/c1-2-10-21(11-3-1)28(25-15-18-7-4-12-22-18,26-16-19-8-5-13-23-19)27-17-20-9-6-14-24-20;17-11-5-6-12(18)15(11)9-1-2-10(4-3-9)16-13(19)7-8-14(16)20;1-2-4-5-3-1/h4-9,12-14,21H,1-3,10-11,15-17H2;1-8H;1-4H. The lowest BCUT2D eigenvalue weighted by molar-refractivity contribution is -0.121. The predicted octanol–water partition coefficient (Wildman–Crippen LogP) is 7.51. The Labute approximate surface area is 306 Å². The molecule has 1 aromatic carbocycles. The van der Waals surface area contributed by atoms with Crippen molar-refractivity contribution in [3.05, 3.63) is 146 Å². The molecule has 0 bridgehead atoms. The van der Waals surface area contributed by atoms with E-state index >= 15 is 0 Å². The third kappa shape index (κ3) is 9.75. The molecule has 3 aliphatic rings. The second kappa shape index (κ2) is 18.1. The van der Waals surface area contributed by atoms with E-state index < -0.39 is 32.4 Å². The van der Waals surface area contributed by atoms with Crippen LogP contribution in [0.4, 0.5) is 11.4 Å². The van der Waals surface area contributed by atoms with Crippen molar-refractivity contribution in [2.45, 2.75) is 57.5 Å². The molecule has 4 aromatic heterocycles. The number of amides is 4. The number of carbonyl (C=O) groups is 4. The van der Waals surface area contributed by atoms with Gasteiger partial charge in [-0.25, -0.2) is 9.80 Å². The van der Waals surface area contributed by atoms with Crippen molar-refractivity contribution in [3.63, 3.8) is 0 Å². The first-order valence-electron chi connectivity index (χ1n) is 17.1. The zero-order valence-electron chi connectivity index (χ0n) is 28.7. The van der Waals surface area contributed by atoms with Crippen LogP contribution < -0.4 is 9.80 Å². The van der Waals surface area contributed by atoms with E-state index in [9.17, 15) is 19.2 Å². The molecule has 1 saturated carbocycles. The number of hydrogen-bond acceptors (Lipinski definition) is 11. The fourth-order valence-corrected chi connectivity index (χ4v) is 9.02. The molecule has 0 unspecified atom stereocenters. The van der Waals surface area contributed by atoms with Gasteiger partial charge in [-0.3, -0.25) is 19.2 Å².